The molecule has 0 aliphatic rings. The Morgan fingerprint density at radius 3 is 2.69 bits per heavy atom. The zero-order valence-electron chi connectivity index (χ0n) is 7.23. The maximum atomic E-state index is 10.4. The van der Waals surface area contributed by atoms with Crippen molar-refractivity contribution in [2.75, 3.05) is 12.0 Å². The van der Waals surface area contributed by atoms with Crippen molar-refractivity contribution in [1.29, 1.82) is 0 Å². The van der Waals surface area contributed by atoms with E-state index in [4.69, 9.17) is 0 Å². The van der Waals surface area contributed by atoms with Crippen LogP contribution in [-0.4, -0.2) is 18.0 Å². The molecule has 1 rings (SSSR count). The fourth-order valence-corrected chi connectivity index (χ4v) is 0.903. The lowest BCUT2D eigenvalue weighted by Gasteiger charge is -2.16. The van der Waals surface area contributed by atoms with Crippen molar-refractivity contribution in [1.82, 2.24) is 5.01 Å². The molecular formula is C10H11N2O. The van der Waals surface area contributed by atoms with Crippen molar-refractivity contribution in [3.8, 4) is 0 Å². The van der Waals surface area contributed by atoms with Gasteiger partial charge in [0.15, 0.2) is 0 Å². The monoisotopic (exact) mass is 175 g/mol. The van der Waals surface area contributed by atoms with E-state index in [2.05, 4.69) is 12.0 Å². The normalized spacial score (nSPS) is 8.92. The summed E-state index contributed by atoms with van der Waals surface area (Å²) in [5.74, 6) is 0. The van der Waals surface area contributed by atoms with Gasteiger partial charge in [-0.2, -0.15) is 0 Å². The summed E-state index contributed by atoms with van der Waals surface area (Å²) in [4.78, 5) is 10.4. The van der Waals surface area contributed by atoms with E-state index in [1.807, 2.05) is 30.3 Å². The molecule has 0 aliphatic heterocycles. The van der Waals surface area contributed by atoms with Gasteiger partial charge in [0.2, 0.25) is 0 Å². The highest BCUT2D eigenvalue weighted by molar-refractivity contribution is 5.54. The second kappa shape index (κ2) is 4.98. The molecule has 3 nitrogen and oxygen atoms in total. The molecule has 1 aromatic rings. The molecule has 13 heavy (non-hydrogen) atoms. The molecule has 0 unspecified atom stereocenters. The molecule has 1 radical (unpaired) electrons. The molecular weight excluding hydrogens is 164 g/mol. The summed E-state index contributed by atoms with van der Waals surface area (Å²) in [6.45, 7) is 3.96. The zero-order chi connectivity index (χ0) is 9.52. The van der Waals surface area contributed by atoms with Crippen LogP contribution < -0.4 is 5.43 Å². The van der Waals surface area contributed by atoms with Crippen LogP contribution in [0.3, 0.4) is 0 Å². The number of para-hydroxylation sites is 1. The molecule has 0 spiro atoms. The van der Waals surface area contributed by atoms with E-state index in [1.165, 1.54) is 5.01 Å². The number of nitrogens with zero attached hydrogens (tertiary/aromatic N) is 1. The third-order valence-electron chi connectivity index (χ3n) is 1.46. The van der Waals surface area contributed by atoms with E-state index < -0.39 is 0 Å². The summed E-state index contributed by atoms with van der Waals surface area (Å²) in [5, 5.41) is 1.29. The van der Waals surface area contributed by atoms with Crippen LogP contribution in [0.15, 0.2) is 43.0 Å². The minimum absolute atomic E-state index is 0.429. The smallest absolute Gasteiger partial charge is 0.295 e. The van der Waals surface area contributed by atoms with Crippen LogP contribution in [-0.2, 0) is 4.79 Å². The van der Waals surface area contributed by atoms with Gasteiger partial charge in [-0.05, 0) is 12.1 Å². The van der Waals surface area contributed by atoms with Crippen LogP contribution in [0.25, 0.3) is 0 Å². The van der Waals surface area contributed by atoms with E-state index in [1.54, 1.807) is 12.5 Å². The Morgan fingerprint density at radius 1 is 1.46 bits per heavy atom. The first-order chi connectivity index (χ1) is 6.36. The van der Waals surface area contributed by atoms with E-state index in [0.29, 0.717) is 6.54 Å². The summed E-state index contributed by atoms with van der Waals surface area (Å²) in [6.07, 6.45) is 3.38. The summed E-state index contributed by atoms with van der Waals surface area (Å²) in [7, 11) is 0. The van der Waals surface area contributed by atoms with E-state index in [-0.39, 0.29) is 0 Å². The Hall–Kier alpha value is -1.77. The quantitative estimate of drug-likeness (QED) is 0.418. The number of carbonyl (C=O) groups excluding carboxylic acids is 1. The Balaban J connectivity index is 2.56. The molecule has 67 valence electrons. The average molecular weight is 175 g/mol. The van der Waals surface area contributed by atoms with Gasteiger partial charge in [0.1, 0.15) is 0 Å². The molecule has 1 aromatic carbocycles. The minimum atomic E-state index is 0.429. The Bertz CT molecular complexity index is 272. The molecule has 0 aromatic heterocycles. The molecule has 0 saturated carbocycles. The van der Waals surface area contributed by atoms with Gasteiger partial charge in [-0.25, -0.2) is 5.01 Å². The molecule has 1 N–H and O–H groups in total. The number of hydrogen-bond acceptors (Lipinski definition) is 2. The fraction of sp³-hybridized carbons (Fsp3) is 0.100. The minimum Gasteiger partial charge on any atom is -0.295 e. The summed E-state index contributed by atoms with van der Waals surface area (Å²) >= 11 is 0. The van der Waals surface area contributed by atoms with Gasteiger partial charge in [0, 0.05) is 0 Å². The predicted molar refractivity (Wildman–Crippen MR) is 52.7 cm³/mol. The van der Waals surface area contributed by atoms with Gasteiger partial charge >= 0.3 is 6.41 Å². The maximum absolute atomic E-state index is 10.4. The molecule has 0 aliphatic carbocycles. The lowest BCUT2D eigenvalue weighted by molar-refractivity contribution is 0.457. The molecule has 1 amide bonds. The predicted octanol–water partition coefficient (Wildman–Crippen LogP) is 1.57. The number of hydrogen-bond donors (Lipinski definition) is 1. The van der Waals surface area contributed by atoms with Crippen LogP contribution in [0, 0.1) is 0 Å². The lowest BCUT2D eigenvalue weighted by Crippen LogP contribution is -2.28. The van der Waals surface area contributed by atoms with Gasteiger partial charge in [-0.3, -0.25) is 10.2 Å². The number of benzene rings is 1. The number of rotatable bonds is 5. The van der Waals surface area contributed by atoms with Crippen molar-refractivity contribution < 1.29 is 4.79 Å². The van der Waals surface area contributed by atoms with Gasteiger partial charge < -0.3 is 0 Å². The number of hydrazine groups is 1. The highest BCUT2D eigenvalue weighted by Gasteiger charge is 1.98. The maximum Gasteiger partial charge on any atom is 0.332 e. The molecule has 3 heteroatoms. The third kappa shape index (κ3) is 2.99. The standard InChI is InChI=1S/C10H11N2O/c1-2-8-12(9-13)11-10-6-4-3-5-7-10/h2-7,11H,1,8H2. The molecule has 0 heterocycles. The fourth-order valence-electron chi connectivity index (χ4n) is 0.903. The summed E-state index contributed by atoms with van der Waals surface area (Å²) in [5.41, 5.74) is 3.72. The van der Waals surface area contributed by atoms with Gasteiger partial charge in [0.25, 0.3) is 0 Å². The van der Waals surface area contributed by atoms with Crippen molar-refractivity contribution >= 4 is 12.1 Å². The van der Waals surface area contributed by atoms with Crippen LogP contribution in [0.5, 0.6) is 0 Å². The highest BCUT2D eigenvalue weighted by Crippen LogP contribution is 2.05. The Morgan fingerprint density at radius 2 is 2.15 bits per heavy atom. The topological polar surface area (TPSA) is 32.3 Å². The van der Waals surface area contributed by atoms with Crippen LogP contribution in [0.2, 0.25) is 0 Å². The third-order valence-corrected chi connectivity index (χ3v) is 1.46. The second-order valence-electron chi connectivity index (χ2n) is 2.47. The van der Waals surface area contributed by atoms with Gasteiger partial charge in [0.05, 0.1) is 12.2 Å². The van der Waals surface area contributed by atoms with Crippen molar-refractivity contribution in [2.24, 2.45) is 0 Å². The van der Waals surface area contributed by atoms with Crippen LogP contribution in [0.1, 0.15) is 0 Å². The van der Waals surface area contributed by atoms with Crippen molar-refractivity contribution in [3.63, 3.8) is 0 Å². The van der Waals surface area contributed by atoms with Gasteiger partial charge in [-0.15, -0.1) is 6.58 Å². The van der Waals surface area contributed by atoms with Crippen LogP contribution in [0.4, 0.5) is 5.69 Å². The molecule has 0 atom stereocenters. The zero-order valence-corrected chi connectivity index (χ0v) is 7.23. The SMILES string of the molecule is C=CCN([C]=O)Nc1ccccc1. The summed E-state index contributed by atoms with van der Waals surface area (Å²) < 4.78 is 0. The molecule has 0 bridgehead atoms. The van der Waals surface area contributed by atoms with E-state index >= 15 is 0 Å². The summed E-state index contributed by atoms with van der Waals surface area (Å²) in [6, 6.07) is 9.42. The Kier molecular flexibility index (Phi) is 3.57. The first-order valence-corrected chi connectivity index (χ1v) is 3.94. The van der Waals surface area contributed by atoms with E-state index in [9.17, 15) is 4.79 Å². The first kappa shape index (κ1) is 9.32. The van der Waals surface area contributed by atoms with E-state index in [0.717, 1.165) is 5.69 Å². The number of amides is 1. The van der Waals surface area contributed by atoms with Gasteiger partial charge in [-0.1, -0.05) is 24.3 Å². The molecule has 0 saturated heterocycles. The second-order valence-corrected chi connectivity index (χ2v) is 2.47. The first-order valence-electron chi connectivity index (χ1n) is 3.94. The Labute approximate surface area is 77.6 Å². The van der Waals surface area contributed by atoms with Crippen LogP contribution >= 0.6 is 0 Å². The molecule has 0 fully saturated rings. The van der Waals surface area contributed by atoms with Crippen molar-refractivity contribution in [3.05, 3.63) is 43.0 Å². The number of nitrogens with one attached hydrogen (secondary N) is 1. The van der Waals surface area contributed by atoms with Crippen molar-refractivity contribution in [2.45, 2.75) is 0 Å². The number of anilines is 1. The highest BCUT2D eigenvalue weighted by atomic mass is 16.1. The average Bonchev–Trinajstić information content (AvgIpc) is 2.19. The lowest BCUT2D eigenvalue weighted by atomic mass is 10.3. The largest absolute Gasteiger partial charge is 0.332 e.